The van der Waals surface area contributed by atoms with Crippen molar-refractivity contribution in [3.05, 3.63) is 23.9 Å². The van der Waals surface area contributed by atoms with Gasteiger partial charge in [-0.3, -0.25) is 4.79 Å². The summed E-state index contributed by atoms with van der Waals surface area (Å²) in [6.07, 6.45) is 4.61. The van der Waals surface area contributed by atoms with E-state index in [0.717, 1.165) is 24.1 Å². The van der Waals surface area contributed by atoms with E-state index in [-0.39, 0.29) is 5.91 Å². The Morgan fingerprint density at radius 2 is 2.32 bits per heavy atom. The summed E-state index contributed by atoms with van der Waals surface area (Å²) in [5, 5.41) is 10.3. The number of nitrogens with zero attached hydrogens (tertiary/aromatic N) is 3. The van der Waals surface area contributed by atoms with Crippen LogP contribution in [-0.2, 0) is 4.79 Å². The average Bonchev–Trinajstić information content (AvgIpc) is 3.07. The molecular formula is C13H17N5O. The summed E-state index contributed by atoms with van der Waals surface area (Å²) >= 11 is 0. The molecule has 0 saturated heterocycles. The van der Waals surface area contributed by atoms with Gasteiger partial charge in [0.15, 0.2) is 5.65 Å². The van der Waals surface area contributed by atoms with Gasteiger partial charge in [-0.1, -0.05) is 6.07 Å². The van der Waals surface area contributed by atoms with E-state index in [2.05, 4.69) is 20.7 Å². The minimum absolute atomic E-state index is 0.0922. The number of aromatic nitrogens is 3. The summed E-state index contributed by atoms with van der Waals surface area (Å²) < 4.78 is 1.74. The van der Waals surface area contributed by atoms with Crippen molar-refractivity contribution in [1.82, 2.24) is 19.9 Å². The first-order valence-electron chi connectivity index (χ1n) is 6.57. The molecule has 1 amide bonds. The van der Waals surface area contributed by atoms with Crippen LogP contribution in [0.2, 0.25) is 0 Å². The van der Waals surface area contributed by atoms with Crippen molar-refractivity contribution in [2.75, 3.05) is 11.9 Å². The number of hydrogen-bond acceptors (Lipinski definition) is 4. The minimum atomic E-state index is 0.0922. The lowest BCUT2D eigenvalue weighted by atomic mass is 10.3. The second-order valence-corrected chi connectivity index (χ2v) is 4.96. The molecule has 3 rings (SSSR count). The first-order valence-corrected chi connectivity index (χ1v) is 6.57. The molecule has 0 unspecified atom stereocenters. The molecule has 6 heteroatoms. The fourth-order valence-electron chi connectivity index (χ4n) is 1.88. The predicted octanol–water partition coefficient (Wildman–Crippen LogP) is 1.12. The third-order valence-corrected chi connectivity index (χ3v) is 3.06. The summed E-state index contributed by atoms with van der Waals surface area (Å²) in [5.41, 5.74) is 1.93. The molecule has 100 valence electrons. The summed E-state index contributed by atoms with van der Waals surface area (Å²) in [6, 6.07) is 4.34. The van der Waals surface area contributed by atoms with E-state index in [1.54, 1.807) is 4.52 Å². The average molecular weight is 259 g/mol. The highest BCUT2D eigenvalue weighted by molar-refractivity contribution is 5.77. The molecule has 0 bridgehead atoms. The van der Waals surface area contributed by atoms with Gasteiger partial charge in [-0.25, -0.2) is 4.52 Å². The van der Waals surface area contributed by atoms with Crippen molar-refractivity contribution in [3.63, 3.8) is 0 Å². The van der Waals surface area contributed by atoms with Gasteiger partial charge in [0.1, 0.15) is 0 Å². The number of hydrogen-bond donors (Lipinski definition) is 2. The molecule has 2 N–H and O–H groups in total. The lowest BCUT2D eigenvalue weighted by molar-refractivity contribution is -0.120. The van der Waals surface area contributed by atoms with Crippen molar-refractivity contribution >= 4 is 17.5 Å². The van der Waals surface area contributed by atoms with Crippen LogP contribution >= 0.6 is 0 Å². The van der Waals surface area contributed by atoms with Gasteiger partial charge in [0.25, 0.3) is 0 Å². The van der Waals surface area contributed by atoms with Crippen molar-refractivity contribution in [3.8, 4) is 0 Å². The van der Waals surface area contributed by atoms with Gasteiger partial charge in [0.2, 0.25) is 11.9 Å². The van der Waals surface area contributed by atoms with Crippen molar-refractivity contribution in [2.45, 2.75) is 32.2 Å². The molecule has 0 spiro atoms. The Hall–Kier alpha value is -2.11. The number of fused-ring (bicyclic) bond motifs is 1. The molecule has 19 heavy (non-hydrogen) atoms. The second kappa shape index (κ2) is 4.87. The predicted molar refractivity (Wildman–Crippen MR) is 72.0 cm³/mol. The van der Waals surface area contributed by atoms with Crippen LogP contribution in [0.1, 0.15) is 24.8 Å². The number of amides is 1. The summed E-state index contributed by atoms with van der Waals surface area (Å²) in [6.45, 7) is 2.56. The van der Waals surface area contributed by atoms with Crippen LogP contribution < -0.4 is 10.6 Å². The van der Waals surface area contributed by atoms with E-state index in [4.69, 9.17) is 0 Å². The zero-order valence-corrected chi connectivity index (χ0v) is 10.9. The van der Waals surface area contributed by atoms with Crippen molar-refractivity contribution in [1.29, 1.82) is 0 Å². The highest BCUT2D eigenvalue weighted by Crippen LogP contribution is 2.18. The molecule has 0 radical (unpaired) electrons. The van der Waals surface area contributed by atoms with Crippen molar-refractivity contribution in [2.24, 2.45) is 0 Å². The molecule has 2 aromatic rings. The van der Waals surface area contributed by atoms with Gasteiger partial charge in [0, 0.05) is 25.2 Å². The van der Waals surface area contributed by atoms with Gasteiger partial charge in [-0.05, 0) is 31.4 Å². The Labute approximate surface area is 111 Å². The second-order valence-electron chi connectivity index (χ2n) is 4.96. The quantitative estimate of drug-likeness (QED) is 0.844. The Morgan fingerprint density at radius 1 is 1.47 bits per heavy atom. The summed E-state index contributed by atoms with van der Waals surface area (Å²) in [4.78, 5) is 15.8. The Kier molecular flexibility index (Phi) is 3.06. The van der Waals surface area contributed by atoms with Crippen LogP contribution in [0, 0.1) is 6.92 Å². The van der Waals surface area contributed by atoms with Gasteiger partial charge < -0.3 is 10.6 Å². The first kappa shape index (κ1) is 12.0. The number of aryl methyl sites for hydroxylation is 1. The minimum Gasteiger partial charge on any atom is -0.353 e. The Morgan fingerprint density at radius 3 is 3.11 bits per heavy atom. The zero-order chi connectivity index (χ0) is 13.2. The number of nitrogens with one attached hydrogen (secondary N) is 2. The van der Waals surface area contributed by atoms with Crippen LogP contribution in [0.15, 0.2) is 18.3 Å². The Balaban J connectivity index is 1.54. The fraction of sp³-hybridized carbons (Fsp3) is 0.462. The number of anilines is 1. The molecule has 1 fully saturated rings. The van der Waals surface area contributed by atoms with E-state index in [9.17, 15) is 4.79 Å². The summed E-state index contributed by atoms with van der Waals surface area (Å²) in [7, 11) is 0. The molecule has 0 aliphatic heterocycles. The zero-order valence-electron chi connectivity index (χ0n) is 10.9. The first-order chi connectivity index (χ1) is 9.20. The summed E-state index contributed by atoms with van der Waals surface area (Å²) in [5.74, 6) is 0.652. The van der Waals surface area contributed by atoms with Gasteiger partial charge in [-0.15, -0.1) is 5.10 Å². The molecule has 2 heterocycles. The van der Waals surface area contributed by atoms with E-state index < -0.39 is 0 Å². The van der Waals surface area contributed by atoms with Crippen LogP contribution in [-0.4, -0.2) is 33.1 Å². The Bertz CT molecular complexity index is 602. The molecule has 2 aromatic heterocycles. The van der Waals surface area contributed by atoms with E-state index in [1.165, 1.54) is 0 Å². The maximum Gasteiger partial charge on any atom is 0.243 e. The van der Waals surface area contributed by atoms with Gasteiger partial charge in [-0.2, -0.15) is 4.98 Å². The molecule has 1 aliphatic rings. The van der Waals surface area contributed by atoms with Crippen LogP contribution in [0.3, 0.4) is 0 Å². The molecule has 1 saturated carbocycles. The lowest BCUT2D eigenvalue weighted by Crippen LogP contribution is -2.27. The molecular weight excluding hydrogens is 242 g/mol. The number of pyridine rings is 1. The van der Waals surface area contributed by atoms with Crippen LogP contribution in [0.4, 0.5) is 5.95 Å². The monoisotopic (exact) mass is 259 g/mol. The normalized spacial score (nSPS) is 14.6. The lowest BCUT2D eigenvalue weighted by Gasteiger charge is -2.03. The van der Waals surface area contributed by atoms with Gasteiger partial charge in [0.05, 0.1) is 0 Å². The van der Waals surface area contributed by atoms with E-state index in [0.29, 0.717) is 25.0 Å². The largest absolute Gasteiger partial charge is 0.353 e. The van der Waals surface area contributed by atoms with Crippen LogP contribution in [0.5, 0.6) is 0 Å². The van der Waals surface area contributed by atoms with E-state index >= 15 is 0 Å². The molecule has 0 atom stereocenters. The number of carbonyl (C=O) groups excluding carboxylic acids is 1. The number of rotatable bonds is 5. The van der Waals surface area contributed by atoms with E-state index in [1.807, 2.05) is 25.3 Å². The maximum absolute atomic E-state index is 11.5. The molecule has 1 aliphatic carbocycles. The fourth-order valence-corrected chi connectivity index (χ4v) is 1.88. The standard InChI is InChI=1S/C13H17N5O/c1-9-2-5-11-16-13(17-18(11)8-9)14-7-6-12(19)15-10-3-4-10/h2,5,8,10H,3-4,6-7H2,1H3,(H,14,17)(H,15,19). The smallest absolute Gasteiger partial charge is 0.243 e. The molecule has 6 nitrogen and oxygen atoms in total. The third kappa shape index (κ3) is 3.01. The highest BCUT2D eigenvalue weighted by atomic mass is 16.1. The number of carbonyl (C=O) groups is 1. The van der Waals surface area contributed by atoms with Crippen molar-refractivity contribution < 1.29 is 4.79 Å². The maximum atomic E-state index is 11.5. The van der Waals surface area contributed by atoms with Crippen LogP contribution in [0.25, 0.3) is 5.65 Å². The SMILES string of the molecule is Cc1ccc2nc(NCCC(=O)NC3CC3)nn2c1. The van der Waals surface area contributed by atoms with Gasteiger partial charge >= 0.3 is 0 Å². The molecule has 0 aromatic carbocycles. The topological polar surface area (TPSA) is 71.3 Å². The highest BCUT2D eigenvalue weighted by Gasteiger charge is 2.22. The third-order valence-electron chi connectivity index (χ3n) is 3.06.